The van der Waals surface area contributed by atoms with Crippen LogP contribution in [0.4, 0.5) is 14.9 Å². The highest BCUT2D eigenvalue weighted by Crippen LogP contribution is 2.24. The molecule has 0 bridgehead atoms. The molecule has 2 atom stereocenters. The number of aliphatic hydroxyl groups excluding tert-OH is 1. The first kappa shape index (κ1) is 21.5. The number of rotatable bonds is 5. The molecule has 0 unspecified atom stereocenters. The highest BCUT2D eigenvalue weighted by atomic mass is 19.1. The summed E-state index contributed by atoms with van der Waals surface area (Å²) < 4.78 is 13.4. The van der Waals surface area contributed by atoms with Gasteiger partial charge in [-0.1, -0.05) is 24.3 Å². The van der Waals surface area contributed by atoms with E-state index in [4.69, 9.17) is 5.21 Å². The van der Waals surface area contributed by atoms with Crippen LogP contribution in [0.15, 0.2) is 48.5 Å². The Balaban J connectivity index is 1.57. The molecule has 1 saturated heterocycles. The van der Waals surface area contributed by atoms with Crippen LogP contribution in [-0.4, -0.2) is 65.5 Å². The Labute approximate surface area is 173 Å². The number of aliphatic hydroxyl groups is 1. The number of halogens is 1. The second-order valence-corrected chi connectivity index (χ2v) is 7.18. The van der Waals surface area contributed by atoms with Crippen molar-refractivity contribution < 1.29 is 24.3 Å². The number of benzene rings is 2. The topological polar surface area (TPSA) is 105 Å². The van der Waals surface area contributed by atoms with Gasteiger partial charge in [0.25, 0.3) is 5.91 Å². The van der Waals surface area contributed by atoms with Gasteiger partial charge in [0.2, 0.25) is 0 Å². The van der Waals surface area contributed by atoms with Gasteiger partial charge >= 0.3 is 6.03 Å². The van der Waals surface area contributed by atoms with Gasteiger partial charge < -0.3 is 20.2 Å². The van der Waals surface area contributed by atoms with Crippen LogP contribution in [0.25, 0.3) is 11.1 Å². The summed E-state index contributed by atoms with van der Waals surface area (Å²) in [6, 6.07) is 12.5. The van der Waals surface area contributed by atoms with Crippen molar-refractivity contribution in [3.8, 4) is 11.1 Å². The Hall–Kier alpha value is -3.17. The molecule has 2 aromatic rings. The number of anilines is 1. The zero-order valence-electron chi connectivity index (χ0n) is 16.6. The lowest BCUT2D eigenvalue weighted by atomic mass is 10.0. The van der Waals surface area contributed by atoms with E-state index in [0.29, 0.717) is 26.2 Å². The molecule has 160 valence electrons. The first-order chi connectivity index (χ1) is 14.4. The number of piperazine rings is 1. The number of hydroxylamine groups is 1. The molecule has 0 spiro atoms. The van der Waals surface area contributed by atoms with E-state index in [9.17, 15) is 19.1 Å². The third-order valence-electron chi connectivity index (χ3n) is 5.11. The first-order valence-corrected chi connectivity index (χ1v) is 9.67. The summed E-state index contributed by atoms with van der Waals surface area (Å²) in [4.78, 5) is 27.7. The van der Waals surface area contributed by atoms with Crippen molar-refractivity contribution in [1.82, 2.24) is 15.7 Å². The molecule has 0 saturated carbocycles. The maximum atomic E-state index is 13.4. The van der Waals surface area contributed by atoms with Crippen molar-refractivity contribution in [2.75, 3.05) is 31.1 Å². The second kappa shape index (κ2) is 9.55. The Kier molecular flexibility index (Phi) is 6.86. The standard InChI is InChI=1S/C21H25FN4O4/c1-14(27)19(20(28)24-30)23-21(29)26-11-9-25(10-12-26)18-7-5-15(6-8-18)16-3-2-4-17(22)13-16/h2-8,13-14,19,27,30H,9-12H2,1H3,(H,23,29)(H,24,28)/t14-,19+/m0/s1. The molecule has 1 fully saturated rings. The van der Waals surface area contributed by atoms with E-state index in [-0.39, 0.29) is 5.82 Å². The molecule has 1 aliphatic rings. The lowest BCUT2D eigenvalue weighted by molar-refractivity contribution is -0.133. The largest absolute Gasteiger partial charge is 0.391 e. The summed E-state index contributed by atoms with van der Waals surface area (Å²) in [5.41, 5.74) is 4.17. The molecule has 3 rings (SSSR count). The Morgan fingerprint density at radius 3 is 2.27 bits per heavy atom. The third-order valence-corrected chi connectivity index (χ3v) is 5.11. The number of hydrogen-bond acceptors (Lipinski definition) is 5. The number of nitrogens with zero attached hydrogens (tertiary/aromatic N) is 2. The molecule has 0 aromatic heterocycles. The van der Waals surface area contributed by atoms with Gasteiger partial charge in [-0.2, -0.15) is 0 Å². The third kappa shape index (κ3) is 5.05. The normalized spacial score (nSPS) is 16.0. The number of carbonyl (C=O) groups is 2. The van der Waals surface area contributed by atoms with Crippen molar-refractivity contribution in [2.45, 2.75) is 19.1 Å². The summed E-state index contributed by atoms with van der Waals surface area (Å²) in [5, 5.41) is 20.8. The van der Waals surface area contributed by atoms with Crippen molar-refractivity contribution >= 4 is 17.6 Å². The Morgan fingerprint density at radius 2 is 1.70 bits per heavy atom. The first-order valence-electron chi connectivity index (χ1n) is 9.67. The van der Waals surface area contributed by atoms with E-state index in [1.54, 1.807) is 11.0 Å². The molecule has 9 heteroatoms. The van der Waals surface area contributed by atoms with Crippen LogP contribution >= 0.6 is 0 Å². The predicted octanol–water partition coefficient (Wildman–Crippen LogP) is 1.58. The van der Waals surface area contributed by atoms with Gasteiger partial charge in [0.15, 0.2) is 0 Å². The zero-order valence-corrected chi connectivity index (χ0v) is 16.6. The average molecular weight is 416 g/mol. The number of nitrogens with one attached hydrogen (secondary N) is 2. The fourth-order valence-corrected chi connectivity index (χ4v) is 3.40. The van der Waals surface area contributed by atoms with Crippen molar-refractivity contribution in [3.05, 3.63) is 54.3 Å². The molecular weight excluding hydrogens is 391 g/mol. The van der Waals surface area contributed by atoms with E-state index >= 15 is 0 Å². The van der Waals surface area contributed by atoms with Gasteiger partial charge in [0.05, 0.1) is 6.10 Å². The number of urea groups is 1. The van der Waals surface area contributed by atoms with Crippen LogP contribution in [0.3, 0.4) is 0 Å². The molecular formula is C21H25FN4O4. The quantitative estimate of drug-likeness (QED) is 0.438. The van der Waals surface area contributed by atoms with Gasteiger partial charge in [0.1, 0.15) is 11.9 Å². The summed E-state index contributed by atoms with van der Waals surface area (Å²) in [7, 11) is 0. The molecule has 2 aromatic carbocycles. The Morgan fingerprint density at radius 1 is 1.03 bits per heavy atom. The second-order valence-electron chi connectivity index (χ2n) is 7.18. The Bertz CT molecular complexity index is 883. The van der Waals surface area contributed by atoms with Gasteiger partial charge in [-0.15, -0.1) is 0 Å². The van der Waals surface area contributed by atoms with Gasteiger partial charge in [-0.25, -0.2) is 14.7 Å². The highest BCUT2D eigenvalue weighted by Gasteiger charge is 2.29. The van der Waals surface area contributed by atoms with E-state index in [1.807, 2.05) is 30.3 Å². The minimum atomic E-state index is -1.24. The van der Waals surface area contributed by atoms with Gasteiger partial charge in [-0.05, 0) is 42.3 Å². The van der Waals surface area contributed by atoms with Crippen molar-refractivity contribution in [2.24, 2.45) is 0 Å². The van der Waals surface area contributed by atoms with E-state index in [1.165, 1.54) is 24.5 Å². The van der Waals surface area contributed by atoms with Crippen LogP contribution in [0.2, 0.25) is 0 Å². The molecule has 8 nitrogen and oxygen atoms in total. The minimum absolute atomic E-state index is 0.278. The maximum absolute atomic E-state index is 13.4. The van der Waals surface area contributed by atoms with Crippen LogP contribution < -0.4 is 15.7 Å². The highest BCUT2D eigenvalue weighted by molar-refractivity contribution is 5.87. The fourth-order valence-electron chi connectivity index (χ4n) is 3.40. The van der Waals surface area contributed by atoms with Crippen molar-refractivity contribution in [1.29, 1.82) is 0 Å². The average Bonchev–Trinajstić information content (AvgIpc) is 2.77. The SMILES string of the molecule is C[C@H](O)[C@@H](NC(=O)N1CCN(c2ccc(-c3cccc(F)c3)cc2)CC1)C(=O)NO. The van der Waals surface area contributed by atoms with Gasteiger partial charge in [-0.3, -0.25) is 10.0 Å². The summed E-state index contributed by atoms with van der Waals surface area (Å²) in [6.07, 6.45) is -1.15. The number of hydrogen-bond donors (Lipinski definition) is 4. The van der Waals surface area contributed by atoms with Crippen LogP contribution in [-0.2, 0) is 4.79 Å². The summed E-state index contributed by atoms with van der Waals surface area (Å²) in [5.74, 6) is -1.16. The van der Waals surface area contributed by atoms with E-state index in [0.717, 1.165) is 16.8 Å². The van der Waals surface area contributed by atoms with Crippen LogP contribution in [0, 0.1) is 5.82 Å². The van der Waals surface area contributed by atoms with Crippen molar-refractivity contribution in [3.63, 3.8) is 0 Å². The summed E-state index contributed by atoms with van der Waals surface area (Å²) in [6.45, 7) is 3.41. The smallest absolute Gasteiger partial charge is 0.318 e. The molecule has 0 radical (unpaired) electrons. The summed E-state index contributed by atoms with van der Waals surface area (Å²) >= 11 is 0. The minimum Gasteiger partial charge on any atom is -0.391 e. The monoisotopic (exact) mass is 416 g/mol. The van der Waals surface area contributed by atoms with Crippen LogP contribution in [0.5, 0.6) is 0 Å². The molecule has 1 heterocycles. The lowest BCUT2D eigenvalue weighted by Crippen LogP contribution is -2.58. The van der Waals surface area contributed by atoms with Gasteiger partial charge in [0, 0.05) is 31.9 Å². The predicted molar refractivity (Wildman–Crippen MR) is 110 cm³/mol. The fraction of sp³-hybridized carbons (Fsp3) is 0.333. The maximum Gasteiger partial charge on any atom is 0.318 e. The lowest BCUT2D eigenvalue weighted by Gasteiger charge is -2.36. The molecule has 3 amide bonds. The molecule has 1 aliphatic heterocycles. The zero-order chi connectivity index (χ0) is 21.7. The van der Waals surface area contributed by atoms with Crippen LogP contribution in [0.1, 0.15) is 6.92 Å². The molecule has 0 aliphatic carbocycles. The molecule has 4 N–H and O–H groups in total. The molecule has 30 heavy (non-hydrogen) atoms. The number of carbonyl (C=O) groups excluding carboxylic acids is 2. The van der Waals surface area contributed by atoms with E-state index in [2.05, 4.69) is 10.2 Å². The van der Waals surface area contributed by atoms with E-state index < -0.39 is 24.1 Å². The number of amides is 3.